The van der Waals surface area contributed by atoms with Gasteiger partial charge in [-0.1, -0.05) is 6.07 Å². The molecule has 0 saturated heterocycles. The third-order valence-electron chi connectivity index (χ3n) is 2.54. The van der Waals surface area contributed by atoms with Crippen LogP contribution in [0.5, 0.6) is 0 Å². The minimum absolute atomic E-state index is 0.0673. The summed E-state index contributed by atoms with van der Waals surface area (Å²) in [5.41, 5.74) is 1.10. The number of aliphatic carboxylic acids is 1. The Bertz CT molecular complexity index is 615. The molecular formula is C13H13N5O3. The highest BCUT2D eigenvalue weighted by Crippen LogP contribution is 2.08. The molecule has 0 saturated carbocycles. The molecular weight excluding hydrogens is 274 g/mol. The van der Waals surface area contributed by atoms with Gasteiger partial charge in [0.25, 0.3) is 0 Å². The van der Waals surface area contributed by atoms with Crippen molar-refractivity contribution in [3.05, 3.63) is 36.3 Å². The second kappa shape index (κ2) is 7.04. The summed E-state index contributed by atoms with van der Waals surface area (Å²) in [6, 6.07) is 5.38. The number of carbonyl (C=O) groups is 2. The molecule has 8 nitrogen and oxygen atoms in total. The SMILES string of the molecule is O=C(O)CCC(=O)NCc1cnc(-c2ccccn2)nn1. The first-order chi connectivity index (χ1) is 10.1. The summed E-state index contributed by atoms with van der Waals surface area (Å²) in [6.07, 6.45) is 2.86. The Labute approximate surface area is 120 Å². The molecule has 8 heteroatoms. The summed E-state index contributed by atoms with van der Waals surface area (Å²) in [7, 11) is 0. The van der Waals surface area contributed by atoms with Crippen molar-refractivity contribution >= 4 is 11.9 Å². The molecule has 0 bridgehead atoms. The minimum Gasteiger partial charge on any atom is -0.481 e. The van der Waals surface area contributed by atoms with Crippen molar-refractivity contribution in [2.24, 2.45) is 0 Å². The monoisotopic (exact) mass is 287 g/mol. The zero-order valence-electron chi connectivity index (χ0n) is 11.1. The number of nitrogens with one attached hydrogen (secondary N) is 1. The Morgan fingerprint density at radius 3 is 2.62 bits per heavy atom. The van der Waals surface area contributed by atoms with Gasteiger partial charge < -0.3 is 10.4 Å². The van der Waals surface area contributed by atoms with Crippen LogP contribution in [-0.2, 0) is 16.1 Å². The average Bonchev–Trinajstić information content (AvgIpc) is 2.52. The van der Waals surface area contributed by atoms with E-state index >= 15 is 0 Å². The number of carboxylic acids is 1. The highest BCUT2D eigenvalue weighted by Gasteiger charge is 2.07. The number of hydrogen-bond acceptors (Lipinski definition) is 6. The molecule has 0 unspecified atom stereocenters. The van der Waals surface area contributed by atoms with Gasteiger partial charge in [0.05, 0.1) is 19.2 Å². The Hall–Kier alpha value is -2.90. The van der Waals surface area contributed by atoms with E-state index in [-0.39, 0.29) is 25.3 Å². The second-order valence-corrected chi connectivity index (χ2v) is 4.16. The first-order valence-corrected chi connectivity index (χ1v) is 6.23. The van der Waals surface area contributed by atoms with E-state index < -0.39 is 5.97 Å². The predicted octanol–water partition coefficient (Wildman–Crippen LogP) is 0.415. The largest absolute Gasteiger partial charge is 0.481 e. The van der Waals surface area contributed by atoms with Gasteiger partial charge in [-0.25, -0.2) is 4.98 Å². The van der Waals surface area contributed by atoms with Crippen LogP contribution in [0.25, 0.3) is 11.5 Å². The smallest absolute Gasteiger partial charge is 0.303 e. The van der Waals surface area contributed by atoms with E-state index in [0.717, 1.165) is 0 Å². The van der Waals surface area contributed by atoms with Crippen molar-refractivity contribution in [1.29, 1.82) is 0 Å². The van der Waals surface area contributed by atoms with Crippen molar-refractivity contribution < 1.29 is 14.7 Å². The number of rotatable bonds is 6. The summed E-state index contributed by atoms with van der Waals surface area (Å²) in [6.45, 7) is 0.154. The van der Waals surface area contributed by atoms with E-state index in [4.69, 9.17) is 5.11 Å². The van der Waals surface area contributed by atoms with Gasteiger partial charge in [-0.3, -0.25) is 14.6 Å². The van der Waals surface area contributed by atoms with E-state index in [1.54, 1.807) is 18.3 Å². The third kappa shape index (κ3) is 4.60. The number of amides is 1. The molecule has 0 aliphatic carbocycles. The van der Waals surface area contributed by atoms with Crippen molar-refractivity contribution in [3.63, 3.8) is 0 Å². The molecule has 0 spiro atoms. The van der Waals surface area contributed by atoms with Crippen LogP contribution in [-0.4, -0.2) is 37.1 Å². The molecule has 0 aliphatic rings. The summed E-state index contributed by atoms with van der Waals surface area (Å²) in [5.74, 6) is -0.962. The fraction of sp³-hybridized carbons (Fsp3) is 0.231. The molecule has 1 amide bonds. The molecule has 2 rings (SSSR count). The molecule has 21 heavy (non-hydrogen) atoms. The molecule has 0 atom stereocenters. The second-order valence-electron chi connectivity index (χ2n) is 4.16. The topological polar surface area (TPSA) is 118 Å². The van der Waals surface area contributed by atoms with Crippen LogP contribution < -0.4 is 5.32 Å². The fourth-order valence-electron chi connectivity index (χ4n) is 1.49. The normalized spacial score (nSPS) is 10.1. The zero-order valence-corrected chi connectivity index (χ0v) is 11.1. The lowest BCUT2D eigenvalue weighted by molar-refractivity contribution is -0.138. The maximum Gasteiger partial charge on any atom is 0.303 e. The van der Waals surface area contributed by atoms with Crippen molar-refractivity contribution in [1.82, 2.24) is 25.5 Å². The van der Waals surface area contributed by atoms with Crippen molar-refractivity contribution in [2.45, 2.75) is 19.4 Å². The van der Waals surface area contributed by atoms with Crippen molar-refractivity contribution in [2.75, 3.05) is 0 Å². The maximum atomic E-state index is 11.4. The van der Waals surface area contributed by atoms with Gasteiger partial charge in [0.15, 0.2) is 5.82 Å². The van der Waals surface area contributed by atoms with Gasteiger partial charge in [0.2, 0.25) is 5.91 Å². The number of pyridine rings is 1. The van der Waals surface area contributed by atoms with E-state index in [9.17, 15) is 9.59 Å². The summed E-state index contributed by atoms with van der Waals surface area (Å²) >= 11 is 0. The Balaban J connectivity index is 1.88. The number of carboxylic acid groups (broad SMARTS) is 1. The molecule has 2 aromatic heterocycles. The van der Waals surface area contributed by atoms with Gasteiger partial charge in [-0.15, -0.1) is 10.2 Å². The van der Waals surface area contributed by atoms with E-state index in [2.05, 4.69) is 25.5 Å². The first kappa shape index (κ1) is 14.5. The molecule has 0 fully saturated rings. The lowest BCUT2D eigenvalue weighted by Crippen LogP contribution is -2.24. The van der Waals surface area contributed by atoms with Crippen LogP contribution in [0.4, 0.5) is 0 Å². The van der Waals surface area contributed by atoms with E-state index in [1.165, 1.54) is 6.20 Å². The van der Waals surface area contributed by atoms with Crippen LogP contribution in [0.15, 0.2) is 30.6 Å². The standard InChI is InChI=1S/C13H13N5O3/c19-11(4-5-12(20)21)15-7-9-8-16-13(18-17-9)10-3-1-2-6-14-10/h1-3,6,8H,4-5,7H2,(H,15,19)(H,20,21). The lowest BCUT2D eigenvalue weighted by atomic mass is 10.3. The highest BCUT2D eigenvalue weighted by atomic mass is 16.4. The number of carbonyl (C=O) groups excluding carboxylic acids is 1. The van der Waals surface area contributed by atoms with Crippen LogP contribution in [0, 0.1) is 0 Å². The van der Waals surface area contributed by atoms with Crippen LogP contribution >= 0.6 is 0 Å². The molecule has 2 N–H and O–H groups in total. The van der Waals surface area contributed by atoms with Gasteiger partial charge in [0.1, 0.15) is 11.4 Å². The lowest BCUT2D eigenvalue weighted by Gasteiger charge is -2.03. The van der Waals surface area contributed by atoms with Gasteiger partial charge in [-0.2, -0.15) is 0 Å². The number of nitrogens with zero attached hydrogens (tertiary/aromatic N) is 4. The van der Waals surface area contributed by atoms with Crippen LogP contribution in [0.3, 0.4) is 0 Å². The number of hydrogen-bond donors (Lipinski definition) is 2. The molecule has 2 aromatic rings. The Kier molecular flexibility index (Phi) is 4.86. The molecule has 2 heterocycles. The average molecular weight is 287 g/mol. The minimum atomic E-state index is -1.01. The summed E-state index contributed by atoms with van der Waals surface area (Å²) in [4.78, 5) is 29.9. The van der Waals surface area contributed by atoms with Gasteiger partial charge in [-0.05, 0) is 12.1 Å². The van der Waals surface area contributed by atoms with E-state index in [1.807, 2.05) is 6.07 Å². The maximum absolute atomic E-state index is 11.4. The van der Waals surface area contributed by atoms with Crippen LogP contribution in [0.1, 0.15) is 18.5 Å². The quantitative estimate of drug-likeness (QED) is 0.790. The number of aromatic nitrogens is 4. The van der Waals surface area contributed by atoms with Crippen molar-refractivity contribution in [3.8, 4) is 11.5 Å². The zero-order chi connectivity index (χ0) is 15.1. The van der Waals surface area contributed by atoms with Gasteiger partial charge >= 0.3 is 5.97 Å². The summed E-state index contributed by atoms with van der Waals surface area (Å²) < 4.78 is 0. The summed E-state index contributed by atoms with van der Waals surface area (Å²) in [5, 5.41) is 18.9. The fourth-order valence-corrected chi connectivity index (χ4v) is 1.49. The predicted molar refractivity (Wildman–Crippen MR) is 71.8 cm³/mol. The molecule has 0 aromatic carbocycles. The first-order valence-electron chi connectivity index (χ1n) is 6.23. The molecule has 0 radical (unpaired) electrons. The third-order valence-corrected chi connectivity index (χ3v) is 2.54. The Morgan fingerprint density at radius 1 is 1.14 bits per heavy atom. The molecule has 0 aliphatic heterocycles. The molecule has 108 valence electrons. The highest BCUT2D eigenvalue weighted by molar-refractivity contribution is 5.80. The Morgan fingerprint density at radius 2 is 2.00 bits per heavy atom. The van der Waals surface area contributed by atoms with Crippen LogP contribution in [0.2, 0.25) is 0 Å². The van der Waals surface area contributed by atoms with E-state index in [0.29, 0.717) is 17.2 Å². The van der Waals surface area contributed by atoms with Gasteiger partial charge in [0, 0.05) is 12.6 Å².